The number of nitrogens with zero attached hydrogens (tertiary/aromatic N) is 5. The molecule has 0 fully saturated rings. The molecule has 0 unspecified atom stereocenters. The summed E-state index contributed by atoms with van der Waals surface area (Å²) in [4.78, 5) is 26.8. The smallest absolute Gasteiger partial charge is 0.185 e. The van der Waals surface area contributed by atoms with E-state index in [1.165, 1.54) is 6.33 Å². The predicted molar refractivity (Wildman–Crippen MR) is 79.2 cm³/mol. The van der Waals surface area contributed by atoms with E-state index in [1.54, 1.807) is 10.7 Å². The fourth-order valence-corrected chi connectivity index (χ4v) is 2.31. The Labute approximate surface area is 124 Å². The summed E-state index contributed by atoms with van der Waals surface area (Å²) in [5.74, 6) is 0.259. The maximum Gasteiger partial charge on any atom is 0.185 e. The van der Waals surface area contributed by atoms with Crippen molar-refractivity contribution < 1.29 is 4.79 Å². The summed E-state index contributed by atoms with van der Waals surface area (Å²) in [6.07, 6.45) is 5.69. The molecule has 1 N–H and O–H groups in total. The molecule has 4 rings (SSSR count). The van der Waals surface area contributed by atoms with Crippen LogP contribution in [0.25, 0.3) is 28.3 Å². The van der Waals surface area contributed by atoms with Gasteiger partial charge in [0.2, 0.25) is 0 Å². The van der Waals surface area contributed by atoms with Crippen LogP contribution >= 0.6 is 0 Å². The summed E-state index contributed by atoms with van der Waals surface area (Å²) < 4.78 is 1.66. The van der Waals surface area contributed by atoms with E-state index in [2.05, 4.69) is 25.0 Å². The zero-order chi connectivity index (χ0) is 14.9. The number of carbonyl (C=O) groups is 1. The molecule has 22 heavy (non-hydrogen) atoms. The normalized spacial score (nSPS) is 10.9. The largest absolute Gasteiger partial charge is 0.334 e. The molecular weight excluding hydrogens is 280 g/mol. The number of fused-ring (bicyclic) bond motifs is 1. The second-order valence-electron chi connectivity index (χ2n) is 4.66. The van der Waals surface area contributed by atoms with Crippen LogP contribution in [0.5, 0.6) is 0 Å². The van der Waals surface area contributed by atoms with E-state index in [4.69, 9.17) is 0 Å². The molecule has 0 saturated carbocycles. The number of aromatic nitrogens is 6. The lowest BCUT2D eigenvalue weighted by atomic mass is 10.1. The number of carbonyl (C=O) groups excluding carboxylic acids is 1. The van der Waals surface area contributed by atoms with Crippen molar-refractivity contribution in [3.8, 4) is 22.6 Å². The van der Waals surface area contributed by atoms with Crippen molar-refractivity contribution in [3.05, 3.63) is 54.9 Å². The summed E-state index contributed by atoms with van der Waals surface area (Å²) in [6, 6.07) is 9.32. The van der Waals surface area contributed by atoms with Gasteiger partial charge >= 0.3 is 0 Å². The number of hydrogen-bond donors (Lipinski definition) is 1. The van der Waals surface area contributed by atoms with Gasteiger partial charge in [0.15, 0.2) is 17.8 Å². The fourth-order valence-electron chi connectivity index (χ4n) is 2.31. The average Bonchev–Trinajstić information content (AvgIpc) is 3.21. The van der Waals surface area contributed by atoms with Crippen LogP contribution in [0.2, 0.25) is 0 Å². The van der Waals surface area contributed by atoms with Crippen molar-refractivity contribution in [1.29, 1.82) is 0 Å². The van der Waals surface area contributed by atoms with Crippen LogP contribution in [0, 0.1) is 0 Å². The first-order chi connectivity index (χ1) is 10.8. The first kappa shape index (κ1) is 12.4. The van der Waals surface area contributed by atoms with Gasteiger partial charge in [0.25, 0.3) is 0 Å². The highest BCUT2D eigenvalue weighted by atomic mass is 16.1. The lowest BCUT2D eigenvalue weighted by Crippen LogP contribution is -1.91. The Balaban J connectivity index is 1.93. The number of rotatable bonds is 3. The summed E-state index contributed by atoms with van der Waals surface area (Å²) in [5.41, 5.74) is 3.63. The molecule has 7 heteroatoms. The standard InChI is InChI=1S/C15H10N6O/c22-8-12-19-14(15(20-12)11-3-1-2-6-16-11)10-4-5-13-17-9-18-21(13)7-10/h1-9H,(H,19,20). The maximum absolute atomic E-state index is 11.1. The van der Waals surface area contributed by atoms with Gasteiger partial charge in [-0.05, 0) is 24.3 Å². The van der Waals surface area contributed by atoms with Gasteiger partial charge in [0.05, 0.1) is 11.4 Å². The SMILES string of the molecule is O=Cc1nc(-c2ccc3ncnn3c2)c(-c2ccccn2)[nH]1. The van der Waals surface area contributed by atoms with Crippen LogP contribution in [-0.4, -0.2) is 35.8 Å². The van der Waals surface area contributed by atoms with Gasteiger partial charge in [0.1, 0.15) is 12.0 Å². The number of nitrogens with one attached hydrogen (secondary N) is 1. The van der Waals surface area contributed by atoms with Crippen LogP contribution in [0.4, 0.5) is 0 Å². The number of imidazole rings is 1. The Morgan fingerprint density at radius 1 is 1.14 bits per heavy atom. The molecule has 4 aromatic heterocycles. The van der Waals surface area contributed by atoms with E-state index in [0.29, 0.717) is 17.7 Å². The summed E-state index contributed by atoms with van der Waals surface area (Å²) in [6.45, 7) is 0. The van der Waals surface area contributed by atoms with Gasteiger partial charge in [-0.25, -0.2) is 14.5 Å². The zero-order valence-corrected chi connectivity index (χ0v) is 11.3. The number of H-pyrrole nitrogens is 1. The van der Waals surface area contributed by atoms with E-state index < -0.39 is 0 Å². The molecule has 4 aromatic rings. The second-order valence-corrected chi connectivity index (χ2v) is 4.66. The number of hydrogen-bond acceptors (Lipinski definition) is 5. The molecule has 0 aliphatic carbocycles. The molecule has 0 bridgehead atoms. The Morgan fingerprint density at radius 2 is 2.09 bits per heavy atom. The molecular formula is C15H10N6O. The first-order valence-electron chi connectivity index (χ1n) is 6.61. The lowest BCUT2D eigenvalue weighted by molar-refractivity contribution is 0.111. The van der Waals surface area contributed by atoms with Gasteiger partial charge in [-0.1, -0.05) is 6.07 Å². The molecule has 0 aliphatic rings. The highest BCUT2D eigenvalue weighted by molar-refractivity contribution is 5.81. The maximum atomic E-state index is 11.1. The van der Waals surface area contributed by atoms with E-state index >= 15 is 0 Å². The minimum Gasteiger partial charge on any atom is -0.334 e. The number of aldehydes is 1. The van der Waals surface area contributed by atoms with Crippen molar-refractivity contribution in [2.24, 2.45) is 0 Å². The van der Waals surface area contributed by atoms with Crippen molar-refractivity contribution in [1.82, 2.24) is 29.5 Å². The third-order valence-corrected chi connectivity index (χ3v) is 3.30. The van der Waals surface area contributed by atoms with Crippen LogP contribution in [0.15, 0.2) is 49.1 Å². The van der Waals surface area contributed by atoms with E-state index in [0.717, 1.165) is 16.9 Å². The first-order valence-corrected chi connectivity index (χ1v) is 6.61. The van der Waals surface area contributed by atoms with Crippen LogP contribution in [-0.2, 0) is 0 Å². The molecule has 0 aliphatic heterocycles. The molecule has 0 radical (unpaired) electrons. The molecule has 106 valence electrons. The van der Waals surface area contributed by atoms with Gasteiger partial charge in [-0.3, -0.25) is 9.78 Å². The molecule has 7 nitrogen and oxygen atoms in total. The summed E-state index contributed by atoms with van der Waals surface area (Å²) >= 11 is 0. The molecule has 0 aromatic carbocycles. The van der Waals surface area contributed by atoms with Crippen LogP contribution in [0.1, 0.15) is 10.6 Å². The van der Waals surface area contributed by atoms with Crippen LogP contribution in [0.3, 0.4) is 0 Å². The Bertz CT molecular complexity index is 957. The highest BCUT2D eigenvalue weighted by Gasteiger charge is 2.15. The Kier molecular flexibility index (Phi) is 2.75. The van der Waals surface area contributed by atoms with E-state index in [1.807, 2.05) is 36.5 Å². The van der Waals surface area contributed by atoms with Crippen molar-refractivity contribution in [2.75, 3.05) is 0 Å². The van der Waals surface area contributed by atoms with Gasteiger partial charge in [0, 0.05) is 18.0 Å². The minimum atomic E-state index is 0.259. The zero-order valence-electron chi connectivity index (χ0n) is 11.3. The van der Waals surface area contributed by atoms with Crippen molar-refractivity contribution >= 4 is 11.9 Å². The molecule has 0 spiro atoms. The number of pyridine rings is 2. The number of aromatic amines is 1. The topological polar surface area (TPSA) is 88.8 Å². The molecule has 0 amide bonds. The highest BCUT2D eigenvalue weighted by Crippen LogP contribution is 2.28. The average molecular weight is 290 g/mol. The fraction of sp³-hybridized carbons (Fsp3) is 0. The van der Waals surface area contributed by atoms with Crippen molar-refractivity contribution in [2.45, 2.75) is 0 Å². The molecule has 0 atom stereocenters. The Hall–Kier alpha value is -3.35. The predicted octanol–water partition coefficient (Wildman–Crippen LogP) is 1.99. The van der Waals surface area contributed by atoms with Gasteiger partial charge in [-0.15, -0.1) is 0 Å². The third-order valence-electron chi connectivity index (χ3n) is 3.30. The summed E-state index contributed by atoms with van der Waals surface area (Å²) in [7, 11) is 0. The molecule has 0 saturated heterocycles. The lowest BCUT2D eigenvalue weighted by Gasteiger charge is -2.02. The second kappa shape index (κ2) is 4.88. The van der Waals surface area contributed by atoms with E-state index in [-0.39, 0.29) is 5.82 Å². The quantitative estimate of drug-likeness (QED) is 0.583. The van der Waals surface area contributed by atoms with Crippen LogP contribution < -0.4 is 0 Å². The third kappa shape index (κ3) is 1.96. The molecule has 4 heterocycles. The van der Waals surface area contributed by atoms with Gasteiger partial charge in [-0.2, -0.15) is 5.10 Å². The van der Waals surface area contributed by atoms with E-state index in [9.17, 15) is 4.79 Å². The minimum absolute atomic E-state index is 0.259. The monoisotopic (exact) mass is 290 g/mol. The summed E-state index contributed by atoms with van der Waals surface area (Å²) in [5, 5.41) is 4.12. The van der Waals surface area contributed by atoms with Crippen molar-refractivity contribution in [3.63, 3.8) is 0 Å². The Morgan fingerprint density at radius 3 is 2.91 bits per heavy atom. The van der Waals surface area contributed by atoms with Gasteiger partial charge < -0.3 is 4.98 Å².